The molecule has 8 nitrogen and oxygen atoms in total. The van der Waals surface area contributed by atoms with Crippen LogP contribution >= 0.6 is 0 Å². The molecule has 0 atom stereocenters. The first-order valence-electron chi connectivity index (χ1n) is 9.52. The Morgan fingerprint density at radius 1 is 1.13 bits per heavy atom. The quantitative estimate of drug-likeness (QED) is 0.562. The van der Waals surface area contributed by atoms with Crippen LogP contribution in [0.1, 0.15) is 5.56 Å². The Kier molecular flexibility index (Phi) is 6.92. The van der Waals surface area contributed by atoms with Crippen LogP contribution in [0.25, 0.3) is 11.3 Å². The van der Waals surface area contributed by atoms with Crippen LogP contribution in [-0.4, -0.2) is 43.1 Å². The van der Waals surface area contributed by atoms with Crippen molar-refractivity contribution < 1.29 is 19.0 Å². The molecule has 0 saturated carbocycles. The summed E-state index contributed by atoms with van der Waals surface area (Å²) >= 11 is 0. The number of hydrogen-bond donors (Lipinski definition) is 2. The number of nitrogens with two attached hydrogens (primary N) is 1. The zero-order valence-corrected chi connectivity index (χ0v) is 17.3. The number of carbonyl (C=O) groups is 1. The monoisotopic (exact) mass is 410 g/mol. The molecular formula is C22H26N4O4. The summed E-state index contributed by atoms with van der Waals surface area (Å²) < 4.78 is 18.2. The fraction of sp³-hybridized carbons (Fsp3) is 0.273. The van der Waals surface area contributed by atoms with Gasteiger partial charge in [0.2, 0.25) is 5.91 Å². The third-order valence-electron chi connectivity index (χ3n) is 4.57. The minimum Gasteiger partial charge on any atom is -0.493 e. The van der Waals surface area contributed by atoms with Crippen molar-refractivity contribution in [2.45, 2.75) is 6.42 Å². The average Bonchev–Trinajstić information content (AvgIpc) is 3.18. The zero-order valence-electron chi connectivity index (χ0n) is 17.3. The maximum atomic E-state index is 12.7. The van der Waals surface area contributed by atoms with E-state index in [0.717, 1.165) is 16.8 Å². The van der Waals surface area contributed by atoms with Gasteiger partial charge in [-0.2, -0.15) is 5.10 Å². The van der Waals surface area contributed by atoms with Crippen molar-refractivity contribution in [2.24, 2.45) is 12.8 Å². The fourth-order valence-corrected chi connectivity index (χ4v) is 3.21. The number of amides is 1. The molecule has 2 aromatic carbocycles. The highest BCUT2D eigenvalue weighted by atomic mass is 16.5. The molecule has 0 aliphatic carbocycles. The molecule has 3 N–H and O–H groups in total. The van der Waals surface area contributed by atoms with E-state index in [1.807, 2.05) is 37.4 Å². The van der Waals surface area contributed by atoms with E-state index < -0.39 is 0 Å². The zero-order chi connectivity index (χ0) is 21.5. The Hall–Kier alpha value is -3.52. The van der Waals surface area contributed by atoms with Crippen LogP contribution in [0.4, 0.5) is 5.69 Å². The topological polar surface area (TPSA) is 101 Å². The van der Waals surface area contributed by atoms with Crippen LogP contribution in [0.2, 0.25) is 0 Å². The molecule has 8 heteroatoms. The summed E-state index contributed by atoms with van der Waals surface area (Å²) in [6.45, 7) is 0.803. The Morgan fingerprint density at radius 3 is 2.63 bits per heavy atom. The molecule has 1 aromatic heterocycles. The van der Waals surface area contributed by atoms with Gasteiger partial charge in [-0.15, -0.1) is 0 Å². The van der Waals surface area contributed by atoms with Gasteiger partial charge in [0.15, 0.2) is 11.5 Å². The van der Waals surface area contributed by atoms with Crippen molar-refractivity contribution in [3.63, 3.8) is 0 Å². The van der Waals surface area contributed by atoms with E-state index in [9.17, 15) is 4.79 Å². The number of nitrogens with zero attached hydrogens (tertiary/aromatic N) is 2. The van der Waals surface area contributed by atoms with Gasteiger partial charge in [-0.1, -0.05) is 12.1 Å². The SMILES string of the molecule is COc1cccc(CC(=O)Nc2ccc(OCCN)c(-c3ccnn3C)c2)c1OC. The highest BCUT2D eigenvalue weighted by Gasteiger charge is 2.15. The van der Waals surface area contributed by atoms with Gasteiger partial charge in [0.25, 0.3) is 0 Å². The molecule has 30 heavy (non-hydrogen) atoms. The van der Waals surface area contributed by atoms with E-state index in [4.69, 9.17) is 19.9 Å². The Balaban J connectivity index is 1.83. The third-order valence-corrected chi connectivity index (χ3v) is 4.57. The Labute approximate surface area is 175 Å². The van der Waals surface area contributed by atoms with Crippen LogP contribution < -0.4 is 25.3 Å². The third kappa shape index (κ3) is 4.72. The first kappa shape index (κ1) is 21.2. The molecule has 3 rings (SSSR count). The normalized spacial score (nSPS) is 10.5. The lowest BCUT2D eigenvalue weighted by Gasteiger charge is -2.15. The van der Waals surface area contributed by atoms with Crippen LogP contribution in [-0.2, 0) is 18.3 Å². The molecule has 3 aromatic rings. The number of hydrogen-bond acceptors (Lipinski definition) is 6. The number of carbonyl (C=O) groups excluding carboxylic acids is 1. The van der Waals surface area contributed by atoms with Crippen molar-refractivity contribution >= 4 is 11.6 Å². The minimum atomic E-state index is -0.173. The molecule has 0 radical (unpaired) electrons. The molecule has 0 bridgehead atoms. The molecule has 1 amide bonds. The van der Waals surface area contributed by atoms with Crippen LogP contribution in [0.15, 0.2) is 48.7 Å². The predicted molar refractivity (Wildman–Crippen MR) is 115 cm³/mol. The maximum absolute atomic E-state index is 12.7. The lowest BCUT2D eigenvalue weighted by molar-refractivity contribution is -0.115. The summed E-state index contributed by atoms with van der Waals surface area (Å²) in [5.74, 6) is 1.64. The lowest BCUT2D eigenvalue weighted by Crippen LogP contribution is -2.15. The number of nitrogens with one attached hydrogen (secondary N) is 1. The van der Waals surface area contributed by atoms with Gasteiger partial charge in [-0.05, 0) is 30.3 Å². The van der Waals surface area contributed by atoms with Crippen molar-refractivity contribution in [2.75, 3.05) is 32.7 Å². The van der Waals surface area contributed by atoms with Gasteiger partial charge in [0.05, 0.1) is 26.3 Å². The standard InChI is InChI=1S/C22H26N4O4/c1-26-18(9-11-24-26)17-14-16(7-8-19(17)30-12-10-23)25-21(27)13-15-5-4-6-20(28-2)22(15)29-3/h4-9,11,14H,10,12-13,23H2,1-3H3,(H,25,27). The number of para-hydroxylation sites is 1. The van der Waals surface area contributed by atoms with Gasteiger partial charge in [0.1, 0.15) is 12.4 Å². The minimum absolute atomic E-state index is 0.146. The molecule has 0 aliphatic heterocycles. The lowest BCUT2D eigenvalue weighted by atomic mass is 10.1. The summed E-state index contributed by atoms with van der Waals surface area (Å²) in [7, 11) is 4.97. The van der Waals surface area contributed by atoms with E-state index in [2.05, 4.69) is 10.4 Å². The number of aryl methyl sites for hydroxylation is 1. The summed E-state index contributed by atoms with van der Waals surface area (Å²) in [6.07, 6.45) is 1.86. The Bertz CT molecular complexity index is 1020. The molecule has 0 saturated heterocycles. The van der Waals surface area contributed by atoms with Crippen molar-refractivity contribution in [3.8, 4) is 28.5 Å². The highest BCUT2D eigenvalue weighted by Crippen LogP contribution is 2.33. The van der Waals surface area contributed by atoms with Gasteiger partial charge < -0.3 is 25.3 Å². The fourth-order valence-electron chi connectivity index (χ4n) is 3.21. The number of ether oxygens (including phenoxy) is 3. The van der Waals surface area contributed by atoms with Crippen LogP contribution in [0, 0.1) is 0 Å². The number of aromatic nitrogens is 2. The van der Waals surface area contributed by atoms with Crippen molar-refractivity contribution in [3.05, 3.63) is 54.2 Å². The molecule has 0 spiro atoms. The van der Waals surface area contributed by atoms with E-state index >= 15 is 0 Å². The summed E-state index contributed by atoms with van der Waals surface area (Å²) in [6, 6.07) is 12.8. The first-order chi connectivity index (χ1) is 14.6. The van der Waals surface area contributed by atoms with Gasteiger partial charge >= 0.3 is 0 Å². The number of benzene rings is 2. The second kappa shape index (κ2) is 9.80. The number of methoxy groups -OCH3 is 2. The van der Waals surface area contributed by atoms with Crippen LogP contribution in [0.3, 0.4) is 0 Å². The smallest absolute Gasteiger partial charge is 0.228 e. The van der Waals surface area contributed by atoms with Gasteiger partial charge in [-0.3, -0.25) is 9.48 Å². The highest BCUT2D eigenvalue weighted by molar-refractivity contribution is 5.93. The number of rotatable bonds is 9. The Morgan fingerprint density at radius 2 is 1.97 bits per heavy atom. The summed E-state index contributed by atoms with van der Waals surface area (Å²) in [5, 5.41) is 7.16. The van der Waals surface area contributed by atoms with Gasteiger partial charge in [-0.25, -0.2) is 0 Å². The van der Waals surface area contributed by atoms with Crippen molar-refractivity contribution in [1.82, 2.24) is 9.78 Å². The maximum Gasteiger partial charge on any atom is 0.228 e. The van der Waals surface area contributed by atoms with E-state index in [-0.39, 0.29) is 12.3 Å². The molecule has 0 unspecified atom stereocenters. The molecule has 0 fully saturated rings. The van der Waals surface area contributed by atoms with Gasteiger partial charge in [0, 0.05) is 36.6 Å². The number of anilines is 1. The second-order valence-corrected chi connectivity index (χ2v) is 6.57. The molecule has 0 aliphatic rings. The van der Waals surface area contributed by atoms with E-state index in [0.29, 0.717) is 36.1 Å². The largest absolute Gasteiger partial charge is 0.493 e. The first-order valence-corrected chi connectivity index (χ1v) is 9.52. The van der Waals surface area contributed by atoms with E-state index in [1.54, 1.807) is 37.2 Å². The van der Waals surface area contributed by atoms with Crippen molar-refractivity contribution in [1.29, 1.82) is 0 Å². The average molecular weight is 410 g/mol. The summed E-state index contributed by atoms with van der Waals surface area (Å²) in [5.41, 5.74) is 8.65. The second-order valence-electron chi connectivity index (χ2n) is 6.57. The van der Waals surface area contributed by atoms with Crippen LogP contribution in [0.5, 0.6) is 17.2 Å². The predicted octanol–water partition coefficient (Wildman–Crippen LogP) is 2.62. The molecule has 158 valence electrons. The summed E-state index contributed by atoms with van der Waals surface area (Å²) in [4.78, 5) is 12.7. The molecular weight excluding hydrogens is 384 g/mol. The van der Waals surface area contributed by atoms with E-state index in [1.165, 1.54) is 0 Å². The molecule has 1 heterocycles.